The Morgan fingerprint density at radius 3 is 1.11 bits per heavy atom. The minimum Gasteiger partial charge on any atom is -0.462 e. The predicted octanol–water partition coefficient (Wildman–Crippen LogP) is 18.0. The van der Waals surface area contributed by atoms with Crippen LogP contribution in [0.5, 0.6) is 0 Å². The lowest BCUT2D eigenvalue weighted by atomic mass is 10.0. The fraction of sp³-hybridized carbons (Fsp3) is 0.776. The van der Waals surface area contributed by atoms with Gasteiger partial charge in [-0.2, -0.15) is 0 Å². The van der Waals surface area contributed by atoms with Crippen molar-refractivity contribution in [2.45, 2.75) is 277 Å². The maximum atomic E-state index is 12.8. The SMILES string of the molecule is CC/C=C\C/C=C\C/C=C\CCCCCCCCC(=O)OC(COC(=O)CCCCC/C=C\C=C/CCCC)COC(=O)CCCCCCCCCCCCCCCCCCCCC. The average molecular weight is 895 g/mol. The van der Waals surface area contributed by atoms with Crippen molar-refractivity contribution in [3.8, 4) is 0 Å². The van der Waals surface area contributed by atoms with Crippen molar-refractivity contribution in [3.05, 3.63) is 60.8 Å². The van der Waals surface area contributed by atoms with Gasteiger partial charge in [0.05, 0.1) is 0 Å². The van der Waals surface area contributed by atoms with E-state index in [4.69, 9.17) is 14.2 Å². The Labute approximate surface area is 396 Å². The molecule has 0 aromatic carbocycles. The van der Waals surface area contributed by atoms with Crippen molar-refractivity contribution in [2.75, 3.05) is 13.2 Å². The molecule has 0 bridgehead atoms. The number of unbranched alkanes of at least 4 members (excludes halogenated alkanes) is 29. The van der Waals surface area contributed by atoms with Crippen molar-refractivity contribution in [1.29, 1.82) is 0 Å². The fourth-order valence-electron chi connectivity index (χ4n) is 7.67. The van der Waals surface area contributed by atoms with Gasteiger partial charge in [0.15, 0.2) is 6.10 Å². The van der Waals surface area contributed by atoms with E-state index in [1.807, 2.05) is 0 Å². The van der Waals surface area contributed by atoms with Crippen molar-refractivity contribution in [3.63, 3.8) is 0 Å². The second-order valence-electron chi connectivity index (χ2n) is 18.1. The average Bonchev–Trinajstić information content (AvgIpc) is 3.29. The van der Waals surface area contributed by atoms with Crippen molar-refractivity contribution in [1.82, 2.24) is 0 Å². The third kappa shape index (κ3) is 50.1. The van der Waals surface area contributed by atoms with Gasteiger partial charge in [-0.05, 0) is 70.6 Å². The van der Waals surface area contributed by atoms with Crippen LogP contribution in [0, 0.1) is 0 Å². The predicted molar refractivity (Wildman–Crippen MR) is 275 cm³/mol. The Bertz CT molecular complexity index is 1170. The van der Waals surface area contributed by atoms with Gasteiger partial charge in [-0.1, -0.05) is 242 Å². The fourth-order valence-corrected chi connectivity index (χ4v) is 7.67. The second-order valence-corrected chi connectivity index (χ2v) is 18.1. The smallest absolute Gasteiger partial charge is 0.306 e. The molecule has 0 radical (unpaired) electrons. The van der Waals surface area contributed by atoms with Gasteiger partial charge in [-0.15, -0.1) is 0 Å². The number of ether oxygens (including phenoxy) is 3. The quantitative estimate of drug-likeness (QED) is 0.0199. The van der Waals surface area contributed by atoms with Gasteiger partial charge in [0, 0.05) is 19.3 Å². The van der Waals surface area contributed by atoms with E-state index in [0.29, 0.717) is 19.3 Å². The first-order valence-corrected chi connectivity index (χ1v) is 27.3. The number of carbonyl (C=O) groups is 3. The van der Waals surface area contributed by atoms with Crippen LogP contribution in [0.25, 0.3) is 0 Å². The number of carbonyl (C=O) groups excluding carboxylic acids is 3. The van der Waals surface area contributed by atoms with E-state index in [0.717, 1.165) is 103 Å². The Balaban J connectivity index is 4.34. The van der Waals surface area contributed by atoms with Gasteiger partial charge in [0.2, 0.25) is 0 Å². The lowest BCUT2D eigenvalue weighted by Gasteiger charge is -2.18. The maximum absolute atomic E-state index is 12.8. The molecule has 0 saturated carbocycles. The summed E-state index contributed by atoms with van der Waals surface area (Å²) in [6.45, 7) is 6.46. The maximum Gasteiger partial charge on any atom is 0.306 e. The van der Waals surface area contributed by atoms with Gasteiger partial charge in [-0.25, -0.2) is 0 Å². The van der Waals surface area contributed by atoms with E-state index in [1.54, 1.807) is 0 Å². The minimum absolute atomic E-state index is 0.0861. The molecular weight excluding hydrogens is 793 g/mol. The second kappa shape index (κ2) is 52.7. The zero-order valence-electron chi connectivity index (χ0n) is 42.3. The first-order valence-electron chi connectivity index (χ1n) is 27.3. The molecule has 0 saturated heterocycles. The number of allylic oxidation sites excluding steroid dienone is 10. The molecule has 1 atom stereocenters. The van der Waals surface area contributed by atoms with E-state index in [2.05, 4.69) is 81.5 Å². The standard InChI is InChI=1S/C58H102O6/c1-4-7-10-13-16-19-22-24-26-28-29-30-32-33-36-39-42-45-48-51-57(60)63-54-55(53-62-56(59)50-47-44-41-38-35-21-18-15-12-9-6-3)64-58(61)52-49-46-43-40-37-34-31-27-25-23-20-17-14-11-8-5-2/h8,11,15,17-18,20-21,25,27,35,55H,4-7,9-10,12-14,16,19,22-24,26,28-34,36-54H2,1-3H3/b11-8-,18-15-,20-17-,27-25-,35-21-. The highest BCUT2D eigenvalue weighted by atomic mass is 16.6. The molecule has 0 spiro atoms. The molecule has 370 valence electrons. The molecule has 0 amide bonds. The van der Waals surface area contributed by atoms with Crippen molar-refractivity contribution in [2.24, 2.45) is 0 Å². The largest absolute Gasteiger partial charge is 0.462 e. The van der Waals surface area contributed by atoms with E-state index >= 15 is 0 Å². The highest BCUT2D eigenvalue weighted by Crippen LogP contribution is 2.16. The van der Waals surface area contributed by atoms with Crippen LogP contribution in [0.3, 0.4) is 0 Å². The Morgan fingerprint density at radius 2 is 0.672 bits per heavy atom. The van der Waals surface area contributed by atoms with Crippen LogP contribution in [0.2, 0.25) is 0 Å². The summed E-state index contributed by atoms with van der Waals surface area (Å²) < 4.78 is 16.8. The summed E-state index contributed by atoms with van der Waals surface area (Å²) >= 11 is 0. The Morgan fingerprint density at radius 1 is 0.344 bits per heavy atom. The summed E-state index contributed by atoms with van der Waals surface area (Å²) in [5.74, 6) is -0.920. The van der Waals surface area contributed by atoms with Gasteiger partial charge in [0.1, 0.15) is 13.2 Å². The summed E-state index contributed by atoms with van der Waals surface area (Å²) in [6.07, 6.45) is 65.0. The highest BCUT2D eigenvalue weighted by Gasteiger charge is 2.19. The number of hydrogen-bond acceptors (Lipinski definition) is 6. The van der Waals surface area contributed by atoms with Gasteiger partial charge in [-0.3, -0.25) is 14.4 Å². The van der Waals surface area contributed by atoms with E-state index < -0.39 is 6.10 Å². The lowest BCUT2D eigenvalue weighted by Crippen LogP contribution is -2.30. The van der Waals surface area contributed by atoms with Crippen LogP contribution in [-0.4, -0.2) is 37.2 Å². The van der Waals surface area contributed by atoms with Crippen LogP contribution >= 0.6 is 0 Å². The monoisotopic (exact) mass is 895 g/mol. The number of rotatable bonds is 49. The lowest BCUT2D eigenvalue weighted by molar-refractivity contribution is -0.167. The van der Waals surface area contributed by atoms with Crippen LogP contribution in [0.15, 0.2) is 60.8 Å². The molecule has 0 N–H and O–H groups in total. The molecule has 0 heterocycles. The molecule has 0 aliphatic heterocycles. The molecule has 64 heavy (non-hydrogen) atoms. The minimum atomic E-state index is -0.789. The zero-order chi connectivity index (χ0) is 46.5. The molecule has 0 aliphatic carbocycles. The summed E-state index contributed by atoms with van der Waals surface area (Å²) in [5, 5.41) is 0. The first kappa shape index (κ1) is 61.1. The highest BCUT2D eigenvalue weighted by molar-refractivity contribution is 5.71. The molecule has 0 aromatic rings. The third-order valence-electron chi connectivity index (χ3n) is 11.8. The molecule has 1 unspecified atom stereocenters. The summed E-state index contributed by atoms with van der Waals surface area (Å²) in [6, 6.07) is 0. The Hall–Kier alpha value is -2.89. The van der Waals surface area contributed by atoms with Crippen molar-refractivity contribution < 1.29 is 28.6 Å². The third-order valence-corrected chi connectivity index (χ3v) is 11.8. The molecule has 0 aromatic heterocycles. The molecule has 6 heteroatoms. The molecule has 6 nitrogen and oxygen atoms in total. The van der Waals surface area contributed by atoms with Crippen LogP contribution < -0.4 is 0 Å². The molecule has 0 rings (SSSR count). The van der Waals surface area contributed by atoms with E-state index in [-0.39, 0.29) is 31.1 Å². The molecule has 0 aliphatic rings. The van der Waals surface area contributed by atoms with Crippen LogP contribution in [0.1, 0.15) is 271 Å². The first-order chi connectivity index (χ1) is 31.5. The number of esters is 3. The zero-order valence-corrected chi connectivity index (χ0v) is 42.3. The van der Waals surface area contributed by atoms with E-state index in [1.165, 1.54) is 128 Å². The van der Waals surface area contributed by atoms with Gasteiger partial charge < -0.3 is 14.2 Å². The van der Waals surface area contributed by atoms with Gasteiger partial charge >= 0.3 is 17.9 Å². The summed E-state index contributed by atoms with van der Waals surface area (Å²) in [7, 11) is 0. The summed E-state index contributed by atoms with van der Waals surface area (Å²) in [4.78, 5) is 38.0. The summed E-state index contributed by atoms with van der Waals surface area (Å²) in [5.41, 5.74) is 0. The Kier molecular flexibility index (Phi) is 50.4. The topological polar surface area (TPSA) is 78.9 Å². The van der Waals surface area contributed by atoms with Crippen LogP contribution in [-0.2, 0) is 28.6 Å². The molecular formula is C58H102O6. The van der Waals surface area contributed by atoms with E-state index in [9.17, 15) is 14.4 Å². The molecule has 0 fully saturated rings. The normalized spacial score (nSPS) is 12.5. The van der Waals surface area contributed by atoms with Gasteiger partial charge in [0.25, 0.3) is 0 Å². The van der Waals surface area contributed by atoms with Crippen LogP contribution in [0.4, 0.5) is 0 Å². The number of hydrogen-bond donors (Lipinski definition) is 0. The van der Waals surface area contributed by atoms with Crippen molar-refractivity contribution >= 4 is 17.9 Å².